The SMILES string of the molecule is CCC1OC(=O)[C@H](C)[C@@H](OC(=O)C(Cc2ccccc2)OCOC)[C@H](C)[C@@H](O[C@@H]2O[C@H](C)C[C@H](N(C)C)[C@H]2O)[C@@](C)(O)C[C@@H](C)[C@H](N(C)C)[C@H](C)[C@@H](O)[C@]1(C)O. The summed E-state index contributed by atoms with van der Waals surface area (Å²) >= 11 is 0. The fourth-order valence-corrected chi connectivity index (χ4v) is 9.17. The molecule has 0 aliphatic carbocycles. The fraction of sp³-hybridized carbons (Fsp3) is 0.810. The first-order valence-corrected chi connectivity index (χ1v) is 20.1. The van der Waals surface area contributed by atoms with Crippen molar-refractivity contribution in [1.29, 1.82) is 0 Å². The van der Waals surface area contributed by atoms with E-state index in [-0.39, 0.29) is 50.2 Å². The minimum absolute atomic E-state index is 0.115. The normalized spacial score (nSPS) is 39.8. The van der Waals surface area contributed by atoms with E-state index in [0.717, 1.165) is 5.56 Å². The van der Waals surface area contributed by atoms with Gasteiger partial charge >= 0.3 is 11.9 Å². The van der Waals surface area contributed by atoms with Crippen LogP contribution < -0.4 is 0 Å². The van der Waals surface area contributed by atoms with Gasteiger partial charge in [0.25, 0.3) is 0 Å². The van der Waals surface area contributed by atoms with Crippen LogP contribution in [0.3, 0.4) is 0 Å². The van der Waals surface area contributed by atoms with Crippen molar-refractivity contribution < 1.29 is 58.4 Å². The molecule has 4 N–H and O–H groups in total. The molecule has 16 atom stereocenters. The molecule has 0 spiro atoms. The number of aliphatic hydroxyl groups is 4. The van der Waals surface area contributed by atoms with Gasteiger partial charge in [-0.15, -0.1) is 0 Å². The molecule has 0 aromatic heterocycles. The first-order chi connectivity index (χ1) is 26.1. The molecule has 1 aromatic rings. The van der Waals surface area contributed by atoms with Crippen LogP contribution >= 0.6 is 0 Å². The topological polar surface area (TPSA) is 177 Å². The molecular formula is C42H72N2O12. The smallest absolute Gasteiger partial charge is 0.336 e. The van der Waals surface area contributed by atoms with Crippen molar-refractivity contribution in [2.75, 3.05) is 42.1 Å². The number of rotatable bonds is 12. The number of esters is 2. The summed E-state index contributed by atoms with van der Waals surface area (Å²) in [6.07, 6.45) is -7.66. The predicted octanol–water partition coefficient (Wildman–Crippen LogP) is 3.00. The molecule has 0 bridgehead atoms. The number of aliphatic hydroxyl groups excluding tert-OH is 2. The molecule has 2 aliphatic heterocycles. The van der Waals surface area contributed by atoms with E-state index >= 15 is 0 Å². The van der Waals surface area contributed by atoms with Crippen LogP contribution in [0.4, 0.5) is 0 Å². The van der Waals surface area contributed by atoms with Crippen LogP contribution in [0, 0.1) is 23.7 Å². The molecule has 14 heteroatoms. The van der Waals surface area contributed by atoms with Gasteiger partial charge in [0.2, 0.25) is 0 Å². The Kier molecular flexibility index (Phi) is 17.7. The van der Waals surface area contributed by atoms with E-state index in [4.69, 9.17) is 28.4 Å². The summed E-state index contributed by atoms with van der Waals surface area (Å²) in [5, 5.41) is 48.0. The van der Waals surface area contributed by atoms with E-state index in [9.17, 15) is 30.0 Å². The number of hydrogen-bond acceptors (Lipinski definition) is 14. The monoisotopic (exact) mass is 797 g/mol. The van der Waals surface area contributed by atoms with E-state index in [0.29, 0.717) is 6.42 Å². The van der Waals surface area contributed by atoms with Crippen LogP contribution in [0.25, 0.3) is 0 Å². The number of cyclic esters (lactones) is 1. The third-order valence-electron chi connectivity index (χ3n) is 12.0. The van der Waals surface area contributed by atoms with Gasteiger partial charge in [0.05, 0.1) is 29.8 Å². The van der Waals surface area contributed by atoms with Crippen molar-refractivity contribution in [1.82, 2.24) is 9.80 Å². The van der Waals surface area contributed by atoms with Crippen LogP contribution in [0.5, 0.6) is 0 Å². The van der Waals surface area contributed by atoms with E-state index in [2.05, 4.69) is 0 Å². The summed E-state index contributed by atoms with van der Waals surface area (Å²) < 4.78 is 36.2. The Labute approximate surface area is 334 Å². The van der Waals surface area contributed by atoms with Crippen molar-refractivity contribution in [3.05, 3.63) is 35.9 Å². The zero-order chi connectivity index (χ0) is 42.3. The Morgan fingerprint density at radius 2 is 1.61 bits per heavy atom. The van der Waals surface area contributed by atoms with Crippen molar-refractivity contribution in [3.63, 3.8) is 0 Å². The summed E-state index contributed by atoms with van der Waals surface area (Å²) in [4.78, 5) is 32.3. The zero-order valence-electron chi connectivity index (χ0n) is 36.0. The molecule has 56 heavy (non-hydrogen) atoms. The van der Waals surface area contributed by atoms with Crippen molar-refractivity contribution in [2.24, 2.45) is 23.7 Å². The Bertz CT molecular complexity index is 1360. The number of ether oxygens (including phenoxy) is 6. The predicted molar refractivity (Wildman–Crippen MR) is 210 cm³/mol. The highest BCUT2D eigenvalue weighted by Crippen LogP contribution is 2.40. The third kappa shape index (κ3) is 11.7. The van der Waals surface area contributed by atoms with E-state index in [1.54, 1.807) is 27.7 Å². The quantitative estimate of drug-likeness (QED) is 0.179. The summed E-state index contributed by atoms with van der Waals surface area (Å²) in [7, 11) is 8.91. The minimum atomic E-state index is -1.86. The molecule has 2 aliphatic rings. The van der Waals surface area contributed by atoms with Crippen LogP contribution in [-0.4, -0.2) is 157 Å². The molecule has 0 radical (unpaired) electrons. The Morgan fingerprint density at radius 1 is 0.982 bits per heavy atom. The summed E-state index contributed by atoms with van der Waals surface area (Å²) in [6, 6.07) is 8.56. The molecule has 2 heterocycles. The van der Waals surface area contributed by atoms with E-state index < -0.39 is 83.8 Å². The number of methoxy groups -OCH3 is 1. The van der Waals surface area contributed by atoms with Gasteiger partial charge in [0.1, 0.15) is 30.7 Å². The molecule has 0 saturated carbocycles. The average Bonchev–Trinajstić information content (AvgIpc) is 3.12. The number of benzene rings is 1. The van der Waals surface area contributed by atoms with Gasteiger partial charge in [0.15, 0.2) is 12.4 Å². The highest BCUT2D eigenvalue weighted by molar-refractivity contribution is 5.77. The molecule has 322 valence electrons. The summed E-state index contributed by atoms with van der Waals surface area (Å²) in [5.74, 6) is -4.52. The summed E-state index contributed by atoms with van der Waals surface area (Å²) in [5.41, 5.74) is -2.76. The van der Waals surface area contributed by atoms with Crippen LogP contribution in [-0.2, 0) is 44.4 Å². The second-order valence-corrected chi connectivity index (χ2v) is 17.3. The third-order valence-corrected chi connectivity index (χ3v) is 12.0. The molecule has 2 unspecified atom stereocenters. The maximum absolute atomic E-state index is 14.3. The second-order valence-electron chi connectivity index (χ2n) is 17.3. The van der Waals surface area contributed by atoms with Crippen LogP contribution in [0.1, 0.15) is 80.2 Å². The van der Waals surface area contributed by atoms with Gasteiger partial charge in [-0.25, -0.2) is 4.79 Å². The van der Waals surface area contributed by atoms with Gasteiger partial charge in [-0.1, -0.05) is 58.0 Å². The zero-order valence-corrected chi connectivity index (χ0v) is 36.0. The second kappa shape index (κ2) is 20.6. The maximum atomic E-state index is 14.3. The van der Waals surface area contributed by atoms with Gasteiger partial charge in [-0.05, 0) is 86.6 Å². The Hall–Kier alpha value is -2.24. The van der Waals surface area contributed by atoms with Crippen LogP contribution in [0.15, 0.2) is 30.3 Å². The highest BCUT2D eigenvalue weighted by atomic mass is 16.7. The van der Waals surface area contributed by atoms with Crippen molar-refractivity contribution in [3.8, 4) is 0 Å². The minimum Gasteiger partial charge on any atom is -0.459 e. The maximum Gasteiger partial charge on any atom is 0.336 e. The lowest BCUT2D eigenvalue weighted by molar-refractivity contribution is -0.300. The van der Waals surface area contributed by atoms with Crippen molar-refractivity contribution in [2.45, 2.75) is 153 Å². The van der Waals surface area contributed by atoms with E-state index in [1.165, 1.54) is 14.0 Å². The van der Waals surface area contributed by atoms with Gasteiger partial charge < -0.3 is 58.6 Å². The average molecular weight is 797 g/mol. The standard InChI is InChI=1S/C42H72N2O12/c1-14-32-42(8,50)36(46)26(4)33(44(11)12)24(2)22-41(7,49)37(56-40-34(45)30(43(9)10)20-25(3)53-40)27(5)35(28(6)38(47)54-32)55-39(48)31(52-23-51-13)21-29-18-16-15-17-19-29/h15-19,24-28,30-37,40,45-46,49-50H,14,20-23H2,1-13H3/t24-,25-,26+,27+,28-,30+,31?,32?,33+,34-,35+,36-,37-,40+,41+,42-/m1/s1. The lowest BCUT2D eigenvalue weighted by Crippen LogP contribution is -2.61. The molecule has 3 rings (SSSR count). The first-order valence-electron chi connectivity index (χ1n) is 20.1. The molecule has 2 saturated heterocycles. The summed E-state index contributed by atoms with van der Waals surface area (Å²) in [6.45, 7) is 13.6. The number of hydrogen-bond donors (Lipinski definition) is 4. The largest absolute Gasteiger partial charge is 0.459 e. The number of likely N-dealkylation sites (N-methyl/N-ethyl adjacent to an activating group) is 1. The Morgan fingerprint density at radius 3 is 2.16 bits per heavy atom. The van der Waals surface area contributed by atoms with E-state index in [1.807, 2.05) is 89.1 Å². The van der Waals surface area contributed by atoms with Gasteiger partial charge in [0, 0.05) is 37.5 Å². The molecule has 14 nitrogen and oxygen atoms in total. The molecule has 2 fully saturated rings. The van der Waals surface area contributed by atoms with Crippen molar-refractivity contribution >= 4 is 11.9 Å². The van der Waals surface area contributed by atoms with Gasteiger partial charge in [-0.2, -0.15) is 0 Å². The molecule has 0 amide bonds. The molecule has 1 aromatic carbocycles. The lowest BCUT2D eigenvalue weighted by Gasteiger charge is -2.49. The highest BCUT2D eigenvalue weighted by Gasteiger charge is 2.53. The first kappa shape index (κ1) is 48.1. The number of nitrogens with zero attached hydrogens (tertiary/aromatic N) is 2. The van der Waals surface area contributed by atoms with Crippen LogP contribution in [0.2, 0.25) is 0 Å². The Balaban J connectivity index is 2.22. The fourth-order valence-electron chi connectivity index (χ4n) is 9.17. The lowest BCUT2D eigenvalue weighted by atomic mass is 9.72. The molecular weight excluding hydrogens is 724 g/mol. The number of carbonyl (C=O) groups excluding carboxylic acids is 2. The number of carbonyl (C=O) groups is 2. The van der Waals surface area contributed by atoms with Gasteiger partial charge in [-0.3, -0.25) is 4.79 Å².